The van der Waals surface area contributed by atoms with Gasteiger partial charge < -0.3 is 10.2 Å². The summed E-state index contributed by atoms with van der Waals surface area (Å²) in [4.78, 5) is 13.5. The SMILES string of the molecule is O=C1CCC2=C(c3ccsc3)NCCN12. The van der Waals surface area contributed by atoms with Crippen molar-refractivity contribution in [2.45, 2.75) is 12.8 Å². The van der Waals surface area contributed by atoms with Gasteiger partial charge >= 0.3 is 0 Å². The van der Waals surface area contributed by atoms with E-state index in [1.165, 1.54) is 11.3 Å². The molecule has 0 saturated carbocycles. The lowest BCUT2D eigenvalue weighted by Crippen LogP contribution is -2.37. The van der Waals surface area contributed by atoms with Crippen LogP contribution in [0, 0.1) is 0 Å². The summed E-state index contributed by atoms with van der Waals surface area (Å²) >= 11 is 1.69. The number of rotatable bonds is 1. The monoisotopic (exact) mass is 220 g/mol. The quantitative estimate of drug-likeness (QED) is 0.780. The number of hydrogen-bond donors (Lipinski definition) is 1. The van der Waals surface area contributed by atoms with Crippen molar-refractivity contribution >= 4 is 22.9 Å². The van der Waals surface area contributed by atoms with E-state index in [1.807, 2.05) is 4.90 Å². The minimum atomic E-state index is 0.277. The number of amides is 1. The Morgan fingerprint density at radius 2 is 2.33 bits per heavy atom. The predicted octanol–water partition coefficient (Wildman–Crippen LogP) is 1.64. The molecule has 2 aliphatic rings. The zero-order valence-corrected chi connectivity index (χ0v) is 9.14. The molecule has 1 aromatic rings. The number of nitrogens with zero attached hydrogens (tertiary/aromatic N) is 1. The van der Waals surface area contributed by atoms with Crippen molar-refractivity contribution in [2.75, 3.05) is 13.1 Å². The Kier molecular flexibility index (Phi) is 2.02. The fourth-order valence-corrected chi connectivity index (χ4v) is 2.88. The number of hydrogen-bond acceptors (Lipinski definition) is 3. The molecule has 0 aromatic carbocycles. The van der Waals surface area contributed by atoms with Gasteiger partial charge in [-0.25, -0.2) is 0 Å². The van der Waals surface area contributed by atoms with Crippen LogP contribution in [0.1, 0.15) is 18.4 Å². The normalized spacial score (nSPS) is 20.5. The molecule has 15 heavy (non-hydrogen) atoms. The topological polar surface area (TPSA) is 32.3 Å². The highest BCUT2D eigenvalue weighted by atomic mass is 32.1. The van der Waals surface area contributed by atoms with Crippen molar-refractivity contribution in [3.05, 3.63) is 28.1 Å². The molecule has 0 unspecified atom stereocenters. The first-order chi connectivity index (χ1) is 7.36. The molecule has 0 aliphatic carbocycles. The number of nitrogens with one attached hydrogen (secondary N) is 1. The molecule has 3 nitrogen and oxygen atoms in total. The summed E-state index contributed by atoms with van der Waals surface area (Å²) in [5, 5.41) is 7.60. The lowest BCUT2D eigenvalue weighted by atomic mass is 10.1. The first-order valence-electron chi connectivity index (χ1n) is 5.16. The van der Waals surface area contributed by atoms with Crippen molar-refractivity contribution in [3.8, 4) is 0 Å². The Morgan fingerprint density at radius 3 is 3.13 bits per heavy atom. The van der Waals surface area contributed by atoms with E-state index in [0.29, 0.717) is 6.42 Å². The minimum Gasteiger partial charge on any atom is -0.381 e. The number of allylic oxidation sites excluding steroid dienone is 1. The van der Waals surface area contributed by atoms with Crippen LogP contribution in [-0.2, 0) is 4.79 Å². The van der Waals surface area contributed by atoms with Crippen LogP contribution >= 0.6 is 11.3 Å². The van der Waals surface area contributed by atoms with E-state index in [4.69, 9.17) is 0 Å². The molecule has 2 aliphatic heterocycles. The maximum Gasteiger partial charge on any atom is 0.227 e. The Balaban J connectivity index is 2.06. The summed E-state index contributed by atoms with van der Waals surface area (Å²) in [6.07, 6.45) is 1.56. The molecular formula is C11H12N2OS. The largest absolute Gasteiger partial charge is 0.381 e. The summed E-state index contributed by atoms with van der Waals surface area (Å²) in [5.74, 6) is 0.277. The highest BCUT2D eigenvalue weighted by molar-refractivity contribution is 7.08. The first kappa shape index (κ1) is 8.97. The summed E-state index contributed by atoms with van der Waals surface area (Å²) in [7, 11) is 0. The molecule has 0 atom stereocenters. The number of carbonyl (C=O) groups excluding carboxylic acids is 1. The summed E-state index contributed by atoms with van der Waals surface area (Å²) in [6.45, 7) is 1.68. The highest BCUT2D eigenvalue weighted by Crippen LogP contribution is 2.31. The third kappa shape index (κ3) is 1.36. The van der Waals surface area contributed by atoms with Gasteiger partial charge in [0.1, 0.15) is 0 Å². The molecule has 1 fully saturated rings. The van der Waals surface area contributed by atoms with E-state index in [-0.39, 0.29) is 5.91 Å². The molecule has 1 N–H and O–H groups in total. The maximum absolute atomic E-state index is 11.6. The van der Waals surface area contributed by atoms with Crippen molar-refractivity contribution < 1.29 is 4.79 Å². The second kappa shape index (κ2) is 3.38. The van der Waals surface area contributed by atoms with Crippen LogP contribution in [0.25, 0.3) is 5.70 Å². The van der Waals surface area contributed by atoms with Gasteiger partial charge in [0.2, 0.25) is 5.91 Å². The average molecular weight is 220 g/mol. The molecule has 4 heteroatoms. The Labute approximate surface area is 92.4 Å². The Hall–Kier alpha value is -1.29. The van der Waals surface area contributed by atoms with Gasteiger partial charge in [-0.05, 0) is 17.9 Å². The minimum absolute atomic E-state index is 0.277. The molecule has 1 saturated heterocycles. The fraction of sp³-hybridized carbons (Fsp3) is 0.364. The molecule has 1 amide bonds. The van der Waals surface area contributed by atoms with Crippen LogP contribution in [0.3, 0.4) is 0 Å². The second-order valence-corrected chi connectivity index (χ2v) is 4.59. The second-order valence-electron chi connectivity index (χ2n) is 3.81. The zero-order valence-electron chi connectivity index (χ0n) is 8.32. The van der Waals surface area contributed by atoms with Crippen molar-refractivity contribution in [3.63, 3.8) is 0 Å². The molecule has 3 heterocycles. The molecular weight excluding hydrogens is 208 g/mol. The van der Waals surface area contributed by atoms with Crippen LogP contribution in [-0.4, -0.2) is 23.9 Å². The zero-order chi connectivity index (χ0) is 10.3. The van der Waals surface area contributed by atoms with Gasteiger partial charge in [-0.15, -0.1) is 0 Å². The Bertz CT molecular complexity index is 422. The molecule has 0 spiro atoms. The van der Waals surface area contributed by atoms with Crippen LogP contribution in [0.2, 0.25) is 0 Å². The van der Waals surface area contributed by atoms with Crippen LogP contribution in [0.5, 0.6) is 0 Å². The summed E-state index contributed by atoms with van der Waals surface area (Å²) in [6, 6.07) is 2.10. The number of thiophene rings is 1. The molecule has 3 rings (SSSR count). The van der Waals surface area contributed by atoms with E-state index in [9.17, 15) is 4.79 Å². The smallest absolute Gasteiger partial charge is 0.227 e. The third-order valence-corrected chi connectivity index (χ3v) is 3.62. The van der Waals surface area contributed by atoms with Gasteiger partial charge in [0.15, 0.2) is 0 Å². The van der Waals surface area contributed by atoms with E-state index in [2.05, 4.69) is 22.1 Å². The summed E-state index contributed by atoms with van der Waals surface area (Å²) < 4.78 is 0. The van der Waals surface area contributed by atoms with Crippen LogP contribution in [0.4, 0.5) is 0 Å². The molecule has 78 valence electrons. The van der Waals surface area contributed by atoms with E-state index >= 15 is 0 Å². The average Bonchev–Trinajstić information content (AvgIpc) is 2.88. The molecule has 0 radical (unpaired) electrons. The summed E-state index contributed by atoms with van der Waals surface area (Å²) in [5.41, 5.74) is 3.56. The van der Waals surface area contributed by atoms with E-state index < -0.39 is 0 Å². The van der Waals surface area contributed by atoms with E-state index in [1.54, 1.807) is 11.3 Å². The van der Waals surface area contributed by atoms with Crippen LogP contribution in [0.15, 0.2) is 22.5 Å². The van der Waals surface area contributed by atoms with Gasteiger partial charge in [-0.3, -0.25) is 4.79 Å². The number of fused-ring (bicyclic) bond motifs is 1. The Morgan fingerprint density at radius 1 is 1.40 bits per heavy atom. The maximum atomic E-state index is 11.6. The lowest BCUT2D eigenvalue weighted by Gasteiger charge is -2.27. The third-order valence-electron chi connectivity index (χ3n) is 2.94. The van der Waals surface area contributed by atoms with Gasteiger partial charge in [0.25, 0.3) is 0 Å². The van der Waals surface area contributed by atoms with Crippen molar-refractivity contribution in [1.29, 1.82) is 0 Å². The molecule has 0 bridgehead atoms. The highest BCUT2D eigenvalue weighted by Gasteiger charge is 2.31. The molecule has 1 aromatic heterocycles. The van der Waals surface area contributed by atoms with Gasteiger partial charge in [-0.2, -0.15) is 11.3 Å². The van der Waals surface area contributed by atoms with Crippen molar-refractivity contribution in [2.24, 2.45) is 0 Å². The number of carbonyl (C=O) groups is 1. The van der Waals surface area contributed by atoms with Gasteiger partial charge in [0, 0.05) is 36.2 Å². The standard InChI is InChI=1S/C11H12N2OS/c14-10-2-1-9-11(8-3-6-15-7-8)12-4-5-13(9)10/h3,6-7,12H,1-2,4-5H2. The van der Waals surface area contributed by atoms with E-state index in [0.717, 1.165) is 25.2 Å². The first-order valence-corrected chi connectivity index (χ1v) is 6.10. The van der Waals surface area contributed by atoms with Crippen LogP contribution < -0.4 is 5.32 Å². The lowest BCUT2D eigenvalue weighted by molar-refractivity contribution is -0.126. The van der Waals surface area contributed by atoms with Gasteiger partial charge in [-0.1, -0.05) is 0 Å². The van der Waals surface area contributed by atoms with Crippen molar-refractivity contribution in [1.82, 2.24) is 10.2 Å². The van der Waals surface area contributed by atoms with Gasteiger partial charge in [0.05, 0.1) is 5.70 Å². The fourth-order valence-electron chi connectivity index (χ4n) is 2.24. The predicted molar refractivity (Wildman–Crippen MR) is 60.2 cm³/mol.